The Morgan fingerprint density at radius 2 is 1.98 bits per heavy atom. The number of anilines is 1. The maximum Gasteiger partial charge on any atom is 0.255 e. The number of hydrogen-bond acceptors (Lipinski definition) is 6. The Hall–Kier alpha value is -4.97. The van der Waals surface area contributed by atoms with Gasteiger partial charge in [-0.05, 0) is 48.4 Å². The number of nitrogens with zero attached hydrogens (tertiary/aromatic N) is 4. The molecule has 0 unspecified atom stereocenters. The van der Waals surface area contributed by atoms with Gasteiger partial charge in [-0.2, -0.15) is 5.10 Å². The summed E-state index contributed by atoms with van der Waals surface area (Å²) in [6, 6.07) is 15.7. The molecule has 5 heterocycles. The number of halogens is 1. The number of sulfonamides is 1. The summed E-state index contributed by atoms with van der Waals surface area (Å²) in [6.45, 7) is 0.686. The molecule has 6 aromatic rings. The molecule has 0 bridgehead atoms. The van der Waals surface area contributed by atoms with Gasteiger partial charge in [0.1, 0.15) is 17.1 Å². The number of amides is 1. The zero-order chi connectivity index (χ0) is 29.3. The van der Waals surface area contributed by atoms with Crippen LogP contribution < -0.4 is 9.62 Å². The molecule has 42 heavy (non-hydrogen) atoms. The van der Waals surface area contributed by atoms with Gasteiger partial charge in [-0.3, -0.25) is 14.2 Å². The van der Waals surface area contributed by atoms with Crippen LogP contribution in [-0.4, -0.2) is 54.4 Å². The normalized spacial score (nSPS) is 12.9. The van der Waals surface area contributed by atoms with E-state index in [0.29, 0.717) is 57.7 Å². The van der Waals surface area contributed by atoms with Crippen LogP contribution in [0.4, 0.5) is 10.1 Å². The number of hydrogen-bond donors (Lipinski definition) is 2. The van der Waals surface area contributed by atoms with E-state index in [4.69, 9.17) is 9.40 Å². The smallest absolute Gasteiger partial charge is 0.255 e. The number of fused-ring (bicyclic) bond motifs is 6. The van der Waals surface area contributed by atoms with Crippen LogP contribution in [0.25, 0.3) is 56.0 Å². The third-order valence-corrected chi connectivity index (χ3v) is 9.03. The topological polar surface area (TPSA) is 126 Å². The van der Waals surface area contributed by atoms with Crippen molar-refractivity contribution >= 4 is 43.5 Å². The lowest BCUT2D eigenvalue weighted by atomic mass is 9.99. The lowest BCUT2D eigenvalue weighted by Crippen LogP contribution is -2.25. The van der Waals surface area contributed by atoms with E-state index < -0.39 is 10.0 Å². The van der Waals surface area contributed by atoms with Gasteiger partial charge in [0, 0.05) is 49.2 Å². The van der Waals surface area contributed by atoms with Crippen molar-refractivity contribution in [2.75, 3.05) is 24.7 Å². The van der Waals surface area contributed by atoms with E-state index in [0.717, 1.165) is 27.3 Å². The summed E-state index contributed by atoms with van der Waals surface area (Å²) in [7, 11) is -0.707. The molecule has 1 aliphatic rings. The lowest BCUT2D eigenvalue weighted by molar-refractivity contribution is 0.0964. The standard InChI is InChI=1S/C30H25FN6O4S/c1-32-30(38)27-19-13-18(24(36(2)42(3,39)40)15-26(19)41-29(27)22-9-11-33-35-22)21-8-7-16-10-12-37-23-6-4-5-20(31)17(23)14-25(37)28(16)34-21/h4-9,11,13-15H,10,12H2,1-3H3,(H,32,38)(H,33,35). The predicted molar refractivity (Wildman–Crippen MR) is 158 cm³/mol. The number of carbonyl (C=O) groups is 1. The minimum Gasteiger partial charge on any atom is -0.454 e. The summed E-state index contributed by atoms with van der Waals surface area (Å²) in [5, 5.41) is 10.5. The van der Waals surface area contributed by atoms with Gasteiger partial charge in [-0.1, -0.05) is 12.1 Å². The van der Waals surface area contributed by atoms with E-state index in [2.05, 4.69) is 20.1 Å². The average molecular weight is 585 g/mol. The molecule has 0 fully saturated rings. The molecule has 0 saturated heterocycles. The number of rotatable bonds is 5. The quantitative estimate of drug-likeness (QED) is 0.295. The molecule has 1 aliphatic heterocycles. The number of aryl methyl sites for hydroxylation is 2. The maximum atomic E-state index is 14.7. The summed E-state index contributed by atoms with van der Waals surface area (Å²) < 4.78 is 49.5. The van der Waals surface area contributed by atoms with Crippen molar-refractivity contribution in [2.24, 2.45) is 0 Å². The van der Waals surface area contributed by atoms with Crippen LogP contribution in [0.5, 0.6) is 0 Å². The van der Waals surface area contributed by atoms with E-state index in [1.807, 2.05) is 24.3 Å². The molecular formula is C30H25FN6O4S. The van der Waals surface area contributed by atoms with Crippen LogP contribution in [0, 0.1) is 5.82 Å². The molecule has 0 atom stereocenters. The van der Waals surface area contributed by atoms with Crippen LogP contribution >= 0.6 is 0 Å². The van der Waals surface area contributed by atoms with Gasteiger partial charge in [0.2, 0.25) is 10.0 Å². The third-order valence-electron chi connectivity index (χ3n) is 7.84. The second-order valence-corrected chi connectivity index (χ2v) is 12.3. The van der Waals surface area contributed by atoms with E-state index in [9.17, 15) is 17.6 Å². The summed E-state index contributed by atoms with van der Waals surface area (Å²) in [4.78, 5) is 18.1. The molecule has 7 rings (SSSR count). The first-order valence-corrected chi connectivity index (χ1v) is 15.0. The fourth-order valence-electron chi connectivity index (χ4n) is 5.68. The zero-order valence-electron chi connectivity index (χ0n) is 22.9. The molecule has 10 nitrogen and oxygen atoms in total. The minimum absolute atomic E-state index is 0.275. The van der Waals surface area contributed by atoms with Gasteiger partial charge in [-0.25, -0.2) is 17.8 Å². The van der Waals surface area contributed by atoms with E-state index >= 15 is 0 Å². The van der Waals surface area contributed by atoms with Gasteiger partial charge in [0.05, 0.1) is 40.1 Å². The molecule has 0 spiro atoms. The summed E-state index contributed by atoms with van der Waals surface area (Å²) in [5.41, 5.74) is 5.68. The Bertz CT molecular complexity index is 2170. The summed E-state index contributed by atoms with van der Waals surface area (Å²) in [5.74, 6) is -0.403. The molecule has 2 N–H and O–H groups in total. The Morgan fingerprint density at radius 3 is 2.71 bits per heavy atom. The van der Waals surface area contributed by atoms with E-state index in [1.165, 1.54) is 20.2 Å². The number of benzene rings is 2. The number of furan rings is 1. The molecule has 4 aromatic heterocycles. The Balaban J connectivity index is 1.50. The van der Waals surface area contributed by atoms with Crippen molar-refractivity contribution in [2.45, 2.75) is 13.0 Å². The van der Waals surface area contributed by atoms with Gasteiger partial charge in [-0.15, -0.1) is 0 Å². The largest absolute Gasteiger partial charge is 0.454 e. The highest BCUT2D eigenvalue weighted by molar-refractivity contribution is 7.92. The van der Waals surface area contributed by atoms with Crippen molar-refractivity contribution in [3.63, 3.8) is 0 Å². The first-order chi connectivity index (χ1) is 20.2. The average Bonchev–Trinajstić information content (AvgIpc) is 3.72. The monoisotopic (exact) mass is 584 g/mol. The molecular weight excluding hydrogens is 559 g/mol. The van der Waals surface area contributed by atoms with Crippen molar-refractivity contribution in [1.82, 2.24) is 25.1 Å². The molecule has 0 radical (unpaired) electrons. The van der Waals surface area contributed by atoms with E-state index in [-0.39, 0.29) is 23.0 Å². The number of carbonyl (C=O) groups excluding carboxylic acids is 1. The number of H-pyrrole nitrogens is 1. The number of pyridine rings is 1. The molecule has 2 aromatic carbocycles. The van der Waals surface area contributed by atoms with Crippen LogP contribution in [0.1, 0.15) is 15.9 Å². The number of aromatic amines is 1. The fourth-order valence-corrected chi connectivity index (χ4v) is 6.19. The SMILES string of the molecule is CNC(=O)c1c(-c2ccn[nH]2)oc2cc(N(C)S(C)(=O)=O)c(-c3ccc4c(n3)-c3cc5c(F)cccc5n3CC4)cc12. The predicted octanol–water partition coefficient (Wildman–Crippen LogP) is 4.96. The molecule has 212 valence electrons. The second-order valence-electron chi connectivity index (χ2n) is 10.3. The van der Waals surface area contributed by atoms with Crippen LogP contribution in [-0.2, 0) is 23.0 Å². The first-order valence-electron chi connectivity index (χ1n) is 13.2. The second kappa shape index (κ2) is 9.28. The highest BCUT2D eigenvalue weighted by atomic mass is 32.2. The number of nitrogens with one attached hydrogen (secondary N) is 2. The van der Waals surface area contributed by atoms with Crippen molar-refractivity contribution in [1.29, 1.82) is 0 Å². The molecule has 1 amide bonds. The van der Waals surface area contributed by atoms with Gasteiger partial charge in [0.25, 0.3) is 5.91 Å². The highest BCUT2D eigenvalue weighted by Crippen LogP contribution is 2.42. The van der Waals surface area contributed by atoms with E-state index in [1.54, 1.807) is 30.5 Å². The van der Waals surface area contributed by atoms with Crippen molar-refractivity contribution in [3.8, 4) is 34.1 Å². The molecule has 0 saturated carbocycles. The van der Waals surface area contributed by atoms with Gasteiger partial charge < -0.3 is 14.3 Å². The number of aromatic nitrogens is 4. The molecule has 0 aliphatic carbocycles. The first kappa shape index (κ1) is 26.0. The van der Waals surface area contributed by atoms with Crippen molar-refractivity contribution < 1.29 is 22.0 Å². The minimum atomic E-state index is -3.69. The highest BCUT2D eigenvalue weighted by Gasteiger charge is 2.28. The van der Waals surface area contributed by atoms with Crippen LogP contribution in [0.15, 0.2) is 65.2 Å². The van der Waals surface area contributed by atoms with Crippen LogP contribution in [0.2, 0.25) is 0 Å². The maximum absolute atomic E-state index is 14.7. The van der Waals surface area contributed by atoms with Crippen LogP contribution in [0.3, 0.4) is 0 Å². The zero-order valence-corrected chi connectivity index (χ0v) is 23.7. The summed E-state index contributed by atoms with van der Waals surface area (Å²) in [6.07, 6.45) is 3.37. The third kappa shape index (κ3) is 3.90. The lowest BCUT2D eigenvalue weighted by Gasteiger charge is -2.23. The van der Waals surface area contributed by atoms with Gasteiger partial charge >= 0.3 is 0 Å². The van der Waals surface area contributed by atoms with Crippen molar-refractivity contribution in [3.05, 3.63) is 77.7 Å². The Morgan fingerprint density at radius 1 is 1.14 bits per heavy atom. The summed E-state index contributed by atoms with van der Waals surface area (Å²) >= 11 is 0. The van der Waals surface area contributed by atoms with Gasteiger partial charge in [0.15, 0.2) is 5.76 Å². The fraction of sp³-hybridized carbons (Fsp3) is 0.167. The Kier molecular flexibility index (Phi) is 5.74. The Labute approximate surface area is 239 Å². The molecule has 12 heteroatoms.